The number of thiophene rings is 1. The number of nitrogens with one attached hydrogen (secondary N) is 1. The Morgan fingerprint density at radius 2 is 2.33 bits per heavy atom. The molecule has 0 aliphatic carbocycles. The molecule has 0 aliphatic heterocycles. The standard InChI is InChI=1S/C10H12BrN3S/c1-7(9-3-4-10(11)15-9)13-8-5-12-14(2)6-8/h3-7,13H,1-2H3/t7-/m1/s1. The van der Waals surface area contributed by atoms with Crippen molar-refractivity contribution in [3.63, 3.8) is 0 Å². The Hall–Kier alpha value is -0.810. The lowest BCUT2D eigenvalue weighted by Gasteiger charge is -2.10. The summed E-state index contributed by atoms with van der Waals surface area (Å²) in [6.45, 7) is 2.14. The third-order valence-electron chi connectivity index (χ3n) is 2.11. The fourth-order valence-corrected chi connectivity index (χ4v) is 2.80. The summed E-state index contributed by atoms with van der Waals surface area (Å²) in [5, 5.41) is 7.52. The third-order valence-corrected chi connectivity index (χ3v) is 3.92. The first-order chi connectivity index (χ1) is 7.15. The molecular formula is C10H12BrN3S. The number of hydrogen-bond donors (Lipinski definition) is 1. The topological polar surface area (TPSA) is 29.9 Å². The normalized spacial score (nSPS) is 12.7. The van der Waals surface area contributed by atoms with Crippen LogP contribution < -0.4 is 5.32 Å². The van der Waals surface area contributed by atoms with Crippen molar-refractivity contribution in [3.8, 4) is 0 Å². The first-order valence-corrected chi connectivity index (χ1v) is 6.26. The first-order valence-electron chi connectivity index (χ1n) is 4.65. The minimum atomic E-state index is 0.311. The summed E-state index contributed by atoms with van der Waals surface area (Å²) in [5.74, 6) is 0. The number of halogens is 1. The van der Waals surface area contributed by atoms with Gasteiger partial charge in [0.25, 0.3) is 0 Å². The molecule has 3 nitrogen and oxygen atoms in total. The van der Waals surface area contributed by atoms with E-state index in [0.29, 0.717) is 6.04 Å². The zero-order chi connectivity index (χ0) is 10.8. The van der Waals surface area contributed by atoms with E-state index in [1.54, 1.807) is 16.0 Å². The molecular weight excluding hydrogens is 274 g/mol. The highest BCUT2D eigenvalue weighted by Gasteiger charge is 2.08. The van der Waals surface area contributed by atoms with E-state index in [9.17, 15) is 0 Å². The molecule has 0 saturated carbocycles. The summed E-state index contributed by atoms with van der Waals surface area (Å²) in [6.07, 6.45) is 3.80. The van der Waals surface area contributed by atoms with Crippen LogP contribution >= 0.6 is 27.3 Å². The average molecular weight is 286 g/mol. The van der Waals surface area contributed by atoms with Crippen LogP contribution in [0.1, 0.15) is 17.8 Å². The molecule has 80 valence electrons. The minimum Gasteiger partial charge on any atom is -0.375 e. The lowest BCUT2D eigenvalue weighted by Crippen LogP contribution is -2.03. The smallest absolute Gasteiger partial charge is 0.0731 e. The van der Waals surface area contributed by atoms with Gasteiger partial charge < -0.3 is 5.32 Å². The van der Waals surface area contributed by atoms with E-state index in [1.807, 2.05) is 19.4 Å². The summed E-state index contributed by atoms with van der Waals surface area (Å²) in [7, 11) is 1.91. The fraction of sp³-hybridized carbons (Fsp3) is 0.300. The van der Waals surface area contributed by atoms with Gasteiger partial charge in [-0.15, -0.1) is 11.3 Å². The summed E-state index contributed by atoms with van der Waals surface area (Å²) in [4.78, 5) is 1.31. The number of nitrogens with zero attached hydrogens (tertiary/aromatic N) is 2. The largest absolute Gasteiger partial charge is 0.375 e. The SMILES string of the molecule is C[C@@H](Nc1cnn(C)c1)c1ccc(Br)s1. The van der Waals surface area contributed by atoms with Crippen molar-refractivity contribution in [2.75, 3.05) is 5.32 Å². The van der Waals surface area contributed by atoms with Gasteiger partial charge in [0.15, 0.2) is 0 Å². The van der Waals surface area contributed by atoms with Crippen LogP contribution in [0, 0.1) is 0 Å². The van der Waals surface area contributed by atoms with Gasteiger partial charge in [-0.1, -0.05) is 0 Å². The van der Waals surface area contributed by atoms with Crippen LogP contribution in [0.4, 0.5) is 5.69 Å². The van der Waals surface area contributed by atoms with Crippen molar-refractivity contribution in [2.24, 2.45) is 7.05 Å². The Balaban J connectivity index is 2.06. The average Bonchev–Trinajstić information content (AvgIpc) is 2.75. The van der Waals surface area contributed by atoms with Gasteiger partial charge in [0, 0.05) is 18.1 Å². The number of aryl methyl sites for hydroxylation is 1. The van der Waals surface area contributed by atoms with E-state index < -0.39 is 0 Å². The summed E-state index contributed by atoms with van der Waals surface area (Å²) in [6, 6.07) is 4.51. The zero-order valence-corrected chi connectivity index (χ0v) is 11.0. The van der Waals surface area contributed by atoms with Gasteiger partial charge >= 0.3 is 0 Å². The third kappa shape index (κ3) is 2.60. The molecule has 0 aromatic carbocycles. The van der Waals surface area contributed by atoms with Gasteiger partial charge in [0.1, 0.15) is 0 Å². The highest BCUT2D eigenvalue weighted by atomic mass is 79.9. The van der Waals surface area contributed by atoms with Crippen molar-refractivity contribution in [2.45, 2.75) is 13.0 Å². The monoisotopic (exact) mass is 285 g/mol. The molecule has 1 N–H and O–H groups in total. The van der Waals surface area contributed by atoms with E-state index in [-0.39, 0.29) is 0 Å². The van der Waals surface area contributed by atoms with Gasteiger partial charge in [0.2, 0.25) is 0 Å². The maximum absolute atomic E-state index is 4.12. The van der Waals surface area contributed by atoms with Gasteiger partial charge in [-0.2, -0.15) is 5.10 Å². The molecule has 0 bridgehead atoms. The highest BCUT2D eigenvalue weighted by molar-refractivity contribution is 9.11. The molecule has 0 unspecified atom stereocenters. The highest BCUT2D eigenvalue weighted by Crippen LogP contribution is 2.28. The molecule has 2 aromatic rings. The van der Waals surface area contributed by atoms with Crippen molar-refractivity contribution < 1.29 is 0 Å². The van der Waals surface area contributed by atoms with Crippen LogP contribution in [0.2, 0.25) is 0 Å². The maximum Gasteiger partial charge on any atom is 0.0731 e. The Bertz CT molecular complexity index is 449. The Morgan fingerprint density at radius 3 is 2.87 bits per heavy atom. The predicted octanol–water partition coefficient (Wildman–Crippen LogP) is 3.42. The molecule has 0 saturated heterocycles. The van der Waals surface area contributed by atoms with E-state index in [4.69, 9.17) is 0 Å². The van der Waals surface area contributed by atoms with Crippen molar-refractivity contribution in [3.05, 3.63) is 33.2 Å². The Labute approximate surface area is 101 Å². The molecule has 2 heterocycles. The molecule has 0 radical (unpaired) electrons. The summed E-state index contributed by atoms with van der Waals surface area (Å²) < 4.78 is 2.96. The number of rotatable bonds is 3. The van der Waals surface area contributed by atoms with Crippen LogP contribution in [0.5, 0.6) is 0 Å². The second kappa shape index (κ2) is 4.37. The molecule has 0 spiro atoms. The molecule has 2 rings (SSSR count). The molecule has 0 fully saturated rings. The van der Waals surface area contributed by atoms with Crippen LogP contribution in [0.25, 0.3) is 0 Å². The van der Waals surface area contributed by atoms with Crippen LogP contribution in [-0.4, -0.2) is 9.78 Å². The van der Waals surface area contributed by atoms with E-state index in [2.05, 4.69) is 45.4 Å². The van der Waals surface area contributed by atoms with E-state index in [0.717, 1.165) is 9.47 Å². The quantitative estimate of drug-likeness (QED) is 0.937. The Kier molecular flexibility index (Phi) is 3.11. The van der Waals surface area contributed by atoms with Crippen molar-refractivity contribution in [1.29, 1.82) is 0 Å². The summed E-state index contributed by atoms with van der Waals surface area (Å²) >= 11 is 5.21. The summed E-state index contributed by atoms with van der Waals surface area (Å²) in [5.41, 5.74) is 1.05. The molecule has 5 heteroatoms. The predicted molar refractivity (Wildman–Crippen MR) is 67.3 cm³/mol. The second-order valence-corrected chi connectivity index (χ2v) is 5.91. The van der Waals surface area contributed by atoms with Crippen molar-refractivity contribution >= 4 is 33.0 Å². The maximum atomic E-state index is 4.12. The number of hydrogen-bond acceptors (Lipinski definition) is 3. The van der Waals surface area contributed by atoms with Gasteiger partial charge in [-0.3, -0.25) is 4.68 Å². The first kappa shape index (κ1) is 10.7. The molecule has 2 aromatic heterocycles. The van der Waals surface area contributed by atoms with Gasteiger partial charge in [0.05, 0.1) is 21.7 Å². The van der Waals surface area contributed by atoms with Crippen LogP contribution in [0.3, 0.4) is 0 Å². The van der Waals surface area contributed by atoms with Gasteiger partial charge in [-0.05, 0) is 35.0 Å². The minimum absolute atomic E-state index is 0.311. The van der Waals surface area contributed by atoms with Crippen LogP contribution in [-0.2, 0) is 7.05 Å². The lowest BCUT2D eigenvalue weighted by molar-refractivity contribution is 0.767. The molecule has 1 atom stereocenters. The lowest BCUT2D eigenvalue weighted by atomic mass is 10.3. The number of aromatic nitrogens is 2. The number of anilines is 1. The second-order valence-electron chi connectivity index (χ2n) is 3.41. The fourth-order valence-electron chi connectivity index (χ4n) is 1.38. The Morgan fingerprint density at radius 1 is 1.53 bits per heavy atom. The van der Waals surface area contributed by atoms with Crippen molar-refractivity contribution in [1.82, 2.24) is 9.78 Å². The molecule has 15 heavy (non-hydrogen) atoms. The molecule has 0 amide bonds. The van der Waals surface area contributed by atoms with E-state index in [1.165, 1.54) is 4.88 Å². The van der Waals surface area contributed by atoms with E-state index >= 15 is 0 Å². The molecule has 0 aliphatic rings. The van der Waals surface area contributed by atoms with Crippen LogP contribution in [0.15, 0.2) is 28.3 Å². The van der Waals surface area contributed by atoms with Gasteiger partial charge in [-0.25, -0.2) is 0 Å². The zero-order valence-electron chi connectivity index (χ0n) is 8.57.